The SMILES string of the molecule is Clc1ccc(C(Cl)CC2CCC2)cc1Cl. The Balaban J connectivity index is 2.03. The van der Waals surface area contributed by atoms with Gasteiger partial charge in [0.05, 0.1) is 15.4 Å². The molecule has 0 nitrogen and oxygen atoms in total. The maximum absolute atomic E-state index is 6.34. The van der Waals surface area contributed by atoms with Crippen LogP contribution in [0.25, 0.3) is 0 Å². The first-order valence-corrected chi connectivity index (χ1v) is 6.45. The normalized spacial score (nSPS) is 18.6. The molecule has 1 aliphatic carbocycles. The van der Waals surface area contributed by atoms with Gasteiger partial charge in [-0.25, -0.2) is 0 Å². The lowest BCUT2D eigenvalue weighted by molar-refractivity contribution is 0.293. The molecule has 0 heterocycles. The van der Waals surface area contributed by atoms with E-state index in [0.29, 0.717) is 10.0 Å². The molecule has 1 fully saturated rings. The Bertz CT molecular complexity index is 345. The van der Waals surface area contributed by atoms with Gasteiger partial charge >= 0.3 is 0 Å². The van der Waals surface area contributed by atoms with Crippen molar-refractivity contribution in [3.05, 3.63) is 33.8 Å². The van der Waals surface area contributed by atoms with Crippen LogP contribution in [0.2, 0.25) is 10.0 Å². The van der Waals surface area contributed by atoms with Crippen LogP contribution in [0.5, 0.6) is 0 Å². The Labute approximate surface area is 106 Å². The third kappa shape index (κ3) is 2.81. The van der Waals surface area contributed by atoms with E-state index in [4.69, 9.17) is 34.8 Å². The summed E-state index contributed by atoms with van der Waals surface area (Å²) >= 11 is 18.1. The molecule has 3 heteroatoms. The molecule has 1 aromatic rings. The van der Waals surface area contributed by atoms with E-state index in [0.717, 1.165) is 17.9 Å². The smallest absolute Gasteiger partial charge is 0.0595 e. The molecule has 0 bridgehead atoms. The molecule has 1 saturated carbocycles. The van der Waals surface area contributed by atoms with Crippen LogP contribution in [0, 0.1) is 5.92 Å². The maximum atomic E-state index is 6.34. The van der Waals surface area contributed by atoms with Gasteiger partial charge in [0.1, 0.15) is 0 Å². The van der Waals surface area contributed by atoms with Crippen molar-refractivity contribution in [2.45, 2.75) is 31.1 Å². The molecule has 0 radical (unpaired) electrons. The zero-order chi connectivity index (χ0) is 10.8. The summed E-state index contributed by atoms with van der Waals surface area (Å²) in [5, 5.41) is 1.26. The second kappa shape index (κ2) is 4.95. The molecule has 1 aliphatic rings. The summed E-state index contributed by atoms with van der Waals surface area (Å²) in [5.41, 5.74) is 1.08. The first kappa shape index (κ1) is 11.6. The molecule has 1 aromatic carbocycles. The summed E-state index contributed by atoms with van der Waals surface area (Å²) in [7, 11) is 0. The number of hydrogen-bond donors (Lipinski definition) is 0. The highest BCUT2D eigenvalue weighted by Gasteiger charge is 2.22. The minimum atomic E-state index is 0.0741. The van der Waals surface area contributed by atoms with Crippen molar-refractivity contribution in [3.8, 4) is 0 Å². The Kier molecular flexibility index (Phi) is 3.82. The highest BCUT2D eigenvalue weighted by Crippen LogP contribution is 2.38. The van der Waals surface area contributed by atoms with E-state index in [9.17, 15) is 0 Å². The molecule has 15 heavy (non-hydrogen) atoms. The summed E-state index contributed by atoms with van der Waals surface area (Å²) in [6.45, 7) is 0. The van der Waals surface area contributed by atoms with E-state index in [1.807, 2.05) is 18.2 Å². The number of alkyl halides is 1. The first-order valence-electron chi connectivity index (χ1n) is 5.26. The van der Waals surface area contributed by atoms with Gasteiger partial charge in [-0.2, -0.15) is 0 Å². The van der Waals surface area contributed by atoms with Gasteiger partial charge in [0.25, 0.3) is 0 Å². The number of halogens is 3. The van der Waals surface area contributed by atoms with Crippen molar-refractivity contribution >= 4 is 34.8 Å². The number of hydrogen-bond acceptors (Lipinski definition) is 0. The minimum Gasteiger partial charge on any atom is -0.118 e. The maximum Gasteiger partial charge on any atom is 0.0595 e. The van der Waals surface area contributed by atoms with Crippen molar-refractivity contribution < 1.29 is 0 Å². The Morgan fingerprint density at radius 3 is 2.47 bits per heavy atom. The molecule has 0 saturated heterocycles. The number of benzene rings is 1. The summed E-state index contributed by atoms with van der Waals surface area (Å²) < 4.78 is 0. The van der Waals surface area contributed by atoms with Gasteiger partial charge in [-0.1, -0.05) is 48.5 Å². The zero-order valence-corrected chi connectivity index (χ0v) is 10.6. The second-order valence-corrected chi connectivity index (χ2v) is 5.51. The summed E-state index contributed by atoms with van der Waals surface area (Å²) in [5.74, 6) is 0.807. The van der Waals surface area contributed by atoms with Crippen LogP contribution >= 0.6 is 34.8 Å². The topological polar surface area (TPSA) is 0 Å². The molecular formula is C12H13Cl3. The lowest BCUT2D eigenvalue weighted by Gasteiger charge is -2.27. The van der Waals surface area contributed by atoms with Gasteiger partial charge in [0.2, 0.25) is 0 Å². The van der Waals surface area contributed by atoms with E-state index in [2.05, 4.69) is 0 Å². The van der Waals surface area contributed by atoms with Gasteiger partial charge in [0, 0.05) is 0 Å². The lowest BCUT2D eigenvalue weighted by atomic mass is 9.81. The third-order valence-electron chi connectivity index (χ3n) is 3.07. The zero-order valence-electron chi connectivity index (χ0n) is 8.35. The average molecular weight is 264 g/mol. The summed E-state index contributed by atoms with van der Waals surface area (Å²) in [4.78, 5) is 0. The van der Waals surface area contributed by atoms with Crippen LogP contribution in [-0.4, -0.2) is 0 Å². The van der Waals surface area contributed by atoms with Crippen molar-refractivity contribution in [2.24, 2.45) is 5.92 Å². The molecule has 1 unspecified atom stereocenters. The standard InChI is InChI=1S/C12H13Cl3/c13-10-5-4-9(7-12(10)15)11(14)6-8-2-1-3-8/h4-5,7-8,11H,1-3,6H2. The molecule has 82 valence electrons. The monoisotopic (exact) mass is 262 g/mol. The third-order valence-corrected chi connectivity index (χ3v) is 4.24. The molecule has 0 aliphatic heterocycles. The van der Waals surface area contributed by atoms with Gasteiger partial charge < -0.3 is 0 Å². The Hall–Kier alpha value is 0.0900. The van der Waals surface area contributed by atoms with Crippen LogP contribution in [-0.2, 0) is 0 Å². The molecule has 0 spiro atoms. The molecule has 0 aromatic heterocycles. The fourth-order valence-electron chi connectivity index (χ4n) is 1.86. The summed E-state index contributed by atoms with van der Waals surface area (Å²) in [6.07, 6.45) is 5.06. The molecule has 1 atom stereocenters. The lowest BCUT2D eigenvalue weighted by Crippen LogP contribution is -2.12. The second-order valence-electron chi connectivity index (χ2n) is 4.17. The van der Waals surface area contributed by atoms with Crippen LogP contribution in [0.3, 0.4) is 0 Å². The van der Waals surface area contributed by atoms with Crippen LogP contribution in [0.4, 0.5) is 0 Å². The van der Waals surface area contributed by atoms with E-state index in [-0.39, 0.29) is 5.38 Å². The van der Waals surface area contributed by atoms with Crippen LogP contribution < -0.4 is 0 Å². The minimum absolute atomic E-state index is 0.0741. The quantitative estimate of drug-likeness (QED) is 0.635. The van der Waals surface area contributed by atoms with Crippen molar-refractivity contribution in [3.63, 3.8) is 0 Å². The van der Waals surface area contributed by atoms with Gasteiger partial charge in [-0.15, -0.1) is 11.6 Å². The average Bonchev–Trinajstić information content (AvgIpc) is 2.15. The molecule has 2 rings (SSSR count). The van der Waals surface area contributed by atoms with Gasteiger partial charge in [-0.3, -0.25) is 0 Å². The van der Waals surface area contributed by atoms with E-state index in [1.54, 1.807) is 0 Å². The first-order chi connectivity index (χ1) is 7.16. The Morgan fingerprint density at radius 2 is 1.93 bits per heavy atom. The fraction of sp³-hybridized carbons (Fsp3) is 0.500. The van der Waals surface area contributed by atoms with Gasteiger partial charge in [-0.05, 0) is 30.0 Å². The predicted molar refractivity (Wildman–Crippen MR) is 67.0 cm³/mol. The molecule has 0 amide bonds. The van der Waals surface area contributed by atoms with E-state index < -0.39 is 0 Å². The van der Waals surface area contributed by atoms with Gasteiger partial charge in [0.15, 0.2) is 0 Å². The van der Waals surface area contributed by atoms with E-state index in [1.165, 1.54) is 19.3 Å². The highest BCUT2D eigenvalue weighted by atomic mass is 35.5. The van der Waals surface area contributed by atoms with E-state index >= 15 is 0 Å². The van der Waals surface area contributed by atoms with Crippen molar-refractivity contribution in [1.29, 1.82) is 0 Å². The largest absolute Gasteiger partial charge is 0.118 e. The fourth-order valence-corrected chi connectivity index (χ4v) is 2.56. The molecule has 0 N–H and O–H groups in total. The number of rotatable bonds is 3. The summed E-state index contributed by atoms with van der Waals surface area (Å²) in [6, 6.07) is 5.65. The molecular weight excluding hydrogens is 250 g/mol. The Morgan fingerprint density at radius 1 is 1.20 bits per heavy atom. The highest BCUT2D eigenvalue weighted by molar-refractivity contribution is 6.42. The van der Waals surface area contributed by atoms with Crippen LogP contribution in [0.15, 0.2) is 18.2 Å². The van der Waals surface area contributed by atoms with Crippen molar-refractivity contribution in [2.75, 3.05) is 0 Å². The van der Waals surface area contributed by atoms with Crippen molar-refractivity contribution in [1.82, 2.24) is 0 Å². The van der Waals surface area contributed by atoms with Crippen LogP contribution in [0.1, 0.15) is 36.6 Å². The predicted octanol–water partition coefficient (Wildman–Crippen LogP) is 5.46.